The number of hydrogen-bond donors (Lipinski definition) is 2. The highest BCUT2D eigenvalue weighted by Gasteiger charge is 2.57. The van der Waals surface area contributed by atoms with Crippen LogP contribution in [0.2, 0.25) is 5.02 Å². The number of fused-ring (bicyclic) bond motifs is 1. The second kappa shape index (κ2) is 10.8. The minimum Gasteiger partial charge on any atom is -0.484 e. The second-order valence-electron chi connectivity index (χ2n) is 11.6. The van der Waals surface area contributed by atoms with Crippen LogP contribution in [0.15, 0.2) is 34.9 Å². The van der Waals surface area contributed by atoms with Gasteiger partial charge < -0.3 is 29.4 Å². The van der Waals surface area contributed by atoms with E-state index in [2.05, 4.69) is 15.6 Å². The average Bonchev–Trinajstić information content (AvgIpc) is 3.57. The summed E-state index contributed by atoms with van der Waals surface area (Å²) in [5.41, 5.74) is -0.288. The standard InChI is InChI=1S/C28H32ClFN4O6/c1-27(2,3)40-26(37)34-8-4-5-16(14-34)25-31-13-22(39-25)24(36)32-21-12-28(10-17(21)11-28)33-23(35)15-38-18-6-7-19(29)20(30)9-18/h5-7,9,13,17,21H,4,8,10-12,14-15H2,1-3H3,(H,32,36)(H,33,35)/t17?,21-,28?/m1/s1. The van der Waals surface area contributed by atoms with Crippen LogP contribution in [0.25, 0.3) is 5.57 Å². The van der Waals surface area contributed by atoms with Crippen LogP contribution in [0.1, 0.15) is 62.9 Å². The van der Waals surface area contributed by atoms with Crippen molar-refractivity contribution in [3.05, 3.63) is 53.0 Å². The molecule has 4 aliphatic rings. The monoisotopic (exact) mass is 574 g/mol. The van der Waals surface area contributed by atoms with Gasteiger partial charge in [-0.15, -0.1) is 0 Å². The SMILES string of the molecule is CC(C)(C)OC(=O)N1CCC=C(c2ncc(C(=O)N[C@@H]3CC4(NC(=O)COc5ccc(Cl)c(F)c5)CC3C4)o2)C1. The smallest absolute Gasteiger partial charge is 0.410 e. The van der Waals surface area contributed by atoms with Crippen LogP contribution in [0, 0.1) is 11.7 Å². The highest BCUT2D eigenvalue weighted by atomic mass is 35.5. The third-order valence-corrected chi connectivity index (χ3v) is 7.58. The summed E-state index contributed by atoms with van der Waals surface area (Å²) in [5.74, 6) is -0.499. The lowest BCUT2D eigenvalue weighted by atomic mass is 9.76. The van der Waals surface area contributed by atoms with Gasteiger partial charge in [0.25, 0.3) is 11.8 Å². The molecule has 10 nitrogen and oxygen atoms in total. The summed E-state index contributed by atoms with van der Waals surface area (Å²) < 4.78 is 30.2. The molecule has 1 aromatic heterocycles. The summed E-state index contributed by atoms with van der Waals surface area (Å²) >= 11 is 5.67. The van der Waals surface area contributed by atoms with Crippen LogP contribution in [-0.4, -0.2) is 64.7 Å². The summed E-state index contributed by atoms with van der Waals surface area (Å²) in [4.78, 5) is 43.7. The van der Waals surface area contributed by atoms with E-state index in [1.165, 1.54) is 18.3 Å². The fourth-order valence-corrected chi connectivity index (χ4v) is 5.62. The van der Waals surface area contributed by atoms with Crippen molar-refractivity contribution < 1.29 is 32.7 Å². The number of hydrogen-bond acceptors (Lipinski definition) is 7. The Morgan fingerprint density at radius 1 is 1.25 bits per heavy atom. The zero-order valence-electron chi connectivity index (χ0n) is 22.6. The number of aromatic nitrogens is 1. The van der Waals surface area contributed by atoms with E-state index in [9.17, 15) is 18.8 Å². The molecule has 1 atom stereocenters. The van der Waals surface area contributed by atoms with Gasteiger partial charge in [0, 0.05) is 29.8 Å². The lowest BCUT2D eigenvalue weighted by Gasteiger charge is -2.39. The molecular formula is C28H32ClFN4O6. The van der Waals surface area contributed by atoms with Crippen LogP contribution in [-0.2, 0) is 9.53 Å². The summed E-state index contributed by atoms with van der Waals surface area (Å²) in [6, 6.07) is 3.87. The molecule has 3 saturated carbocycles. The van der Waals surface area contributed by atoms with E-state index in [-0.39, 0.29) is 53.5 Å². The van der Waals surface area contributed by atoms with E-state index >= 15 is 0 Å². The lowest BCUT2D eigenvalue weighted by Crippen LogP contribution is -2.53. The van der Waals surface area contributed by atoms with E-state index in [1.807, 2.05) is 26.8 Å². The van der Waals surface area contributed by atoms with Crippen molar-refractivity contribution in [2.24, 2.45) is 5.92 Å². The zero-order chi connectivity index (χ0) is 28.7. The van der Waals surface area contributed by atoms with Crippen LogP contribution in [0.5, 0.6) is 5.75 Å². The zero-order valence-corrected chi connectivity index (χ0v) is 23.3. The Balaban J connectivity index is 1.11. The van der Waals surface area contributed by atoms with E-state index in [0.29, 0.717) is 30.9 Å². The molecule has 0 radical (unpaired) electrons. The largest absolute Gasteiger partial charge is 0.484 e. The maximum atomic E-state index is 13.6. The first kappa shape index (κ1) is 27.9. The van der Waals surface area contributed by atoms with Crippen molar-refractivity contribution in [3.8, 4) is 5.75 Å². The minimum atomic E-state index is -0.619. The van der Waals surface area contributed by atoms with Crippen LogP contribution in [0.3, 0.4) is 0 Å². The highest BCUT2D eigenvalue weighted by molar-refractivity contribution is 6.30. The summed E-state index contributed by atoms with van der Waals surface area (Å²) in [6.07, 6.45) is 5.61. The molecule has 3 fully saturated rings. The van der Waals surface area contributed by atoms with E-state index < -0.39 is 23.1 Å². The molecule has 2 bridgehead atoms. The molecule has 214 valence electrons. The molecule has 1 aromatic carbocycles. The van der Waals surface area contributed by atoms with Gasteiger partial charge in [0.05, 0.1) is 17.8 Å². The number of carbonyl (C=O) groups is 3. The molecule has 0 saturated heterocycles. The van der Waals surface area contributed by atoms with E-state index in [4.69, 9.17) is 25.5 Å². The van der Waals surface area contributed by atoms with Crippen molar-refractivity contribution in [1.29, 1.82) is 0 Å². The maximum absolute atomic E-state index is 13.6. The molecule has 0 unspecified atom stereocenters. The van der Waals surface area contributed by atoms with Crippen LogP contribution >= 0.6 is 11.6 Å². The highest BCUT2D eigenvalue weighted by Crippen LogP contribution is 2.52. The van der Waals surface area contributed by atoms with Crippen LogP contribution < -0.4 is 15.4 Å². The summed E-state index contributed by atoms with van der Waals surface area (Å²) in [5, 5.41) is 6.00. The number of benzene rings is 1. The van der Waals surface area contributed by atoms with Crippen molar-refractivity contribution in [3.63, 3.8) is 0 Å². The topological polar surface area (TPSA) is 123 Å². The number of rotatable bonds is 7. The second-order valence-corrected chi connectivity index (χ2v) is 12.0. The van der Waals surface area contributed by atoms with Crippen molar-refractivity contribution in [2.75, 3.05) is 19.7 Å². The normalized spacial score (nSPS) is 23.6. The Labute approximate surface area is 236 Å². The van der Waals surface area contributed by atoms with Crippen molar-refractivity contribution in [2.45, 2.75) is 63.6 Å². The minimum absolute atomic E-state index is 0.0206. The fraction of sp³-hybridized carbons (Fsp3) is 0.500. The number of ether oxygens (including phenoxy) is 2. The van der Waals surface area contributed by atoms with Crippen molar-refractivity contribution in [1.82, 2.24) is 20.5 Å². The number of halogens is 2. The summed E-state index contributed by atoms with van der Waals surface area (Å²) in [7, 11) is 0. The van der Waals surface area contributed by atoms with Gasteiger partial charge in [-0.2, -0.15) is 0 Å². The first-order valence-corrected chi connectivity index (χ1v) is 13.6. The first-order valence-electron chi connectivity index (χ1n) is 13.2. The number of nitrogens with zero attached hydrogens (tertiary/aromatic N) is 2. The van der Waals surface area contributed by atoms with Gasteiger partial charge in [0.2, 0.25) is 11.7 Å². The summed E-state index contributed by atoms with van der Waals surface area (Å²) in [6.45, 7) is 5.99. The predicted molar refractivity (Wildman–Crippen MR) is 143 cm³/mol. The van der Waals surface area contributed by atoms with Gasteiger partial charge in [-0.3, -0.25) is 9.59 Å². The number of nitrogens with one attached hydrogen (secondary N) is 2. The van der Waals surface area contributed by atoms with Gasteiger partial charge in [0.15, 0.2) is 6.61 Å². The average molecular weight is 575 g/mol. The molecule has 2 N–H and O–H groups in total. The van der Waals surface area contributed by atoms with Gasteiger partial charge in [-0.1, -0.05) is 17.7 Å². The Kier molecular flexibility index (Phi) is 7.52. The molecule has 3 amide bonds. The molecule has 2 aromatic rings. The number of carbonyl (C=O) groups excluding carboxylic acids is 3. The Morgan fingerprint density at radius 3 is 2.75 bits per heavy atom. The van der Waals surface area contributed by atoms with Crippen molar-refractivity contribution >= 4 is 35.1 Å². The lowest BCUT2D eigenvalue weighted by molar-refractivity contribution is -0.125. The maximum Gasteiger partial charge on any atom is 0.410 e. The Hall–Kier alpha value is -3.60. The fourth-order valence-electron chi connectivity index (χ4n) is 5.50. The third kappa shape index (κ3) is 6.24. The molecule has 6 rings (SSSR count). The molecule has 2 heterocycles. The number of amides is 3. The van der Waals surface area contributed by atoms with E-state index in [1.54, 1.807) is 4.90 Å². The third-order valence-electron chi connectivity index (χ3n) is 7.27. The van der Waals surface area contributed by atoms with Gasteiger partial charge in [-0.25, -0.2) is 14.2 Å². The molecule has 0 spiro atoms. The Bertz CT molecular complexity index is 1350. The quantitative estimate of drug-likeness (QED) is 0.504. The molecular weight excluding hydrogens is 543 g/mol. The predicted octanol–water partition coefficient (Wildman–Crippen LogP) is 4.34. The van der Waals surface area contributed by atoms with Gasteiger partial charge in [0.1, 0.15) is 17.2 Å². The van der Waals surface area contributed by atoms with Crippen LogP contribution in [0.4, 0.5) is 9.18 Å². The molecule has 40 heavy (non-hydrogen) atoms. The molecule has 3 aliphatic carbocycles. The van der Waals surface area contributed by atoms with Gasteiger partial charge >= 0.3 is 6.09 Å². The molecule has 1 aliphatic heterocycles. The Morgan fingerprint density at radius 2 is 2.02 bits per heavy atom. The van der Waals surface area contributed by atoms with Gasteiger partial charge in [-0.05, 0) is 64.5 Å². The molecule has 12 heteroatoms. The van der Waals surface area contributed by atoms with E-state index in [0.717, 1.165) is 18.9 Å². The first-order chi connectivity index (χ1) is 18.9. The number of oxazole rings is 1.